The highest BCUT2D eigenvalue weighted by atomic mass is 16.5. The molecule has 0 radical (unpaired) electrons. The molecule has 0 aromatic heterocycles. The van der Waals surface area contributed by atoms with E-state index in [1.165, 1.54) is 5.69 Å². The lowest BCUT2D eigenvalue weighted by atomic mass is 10.2. The van der Waals surface area contributed by atoms with E-state index in [1.807, 2.05) is 19.1 Å². The van der Waals surface area contributed by atoms with Crippen molar-refractivity contribution in [3.8, 4) is 5.75 Å². The Balaban J connectivity index is 2.65. The van der Waals surface area contributed by atoms with Crippen LogP contribution in [-0.2, 0) is 0 Å². The quantitative estimate of drug-likeness (QED) is 0.802. The molecule has 0 amide bonds. The second-order valence-corrected chi connectivity index (χ2v) is 3.96. The van der Waals surface area contributed by atoms with Crippen LogP contribution in [0.2, 0.25) is 0 Å². The zero-order chi connectivity index (χ0) is 12.0. The van der Waals surface area contributed by atoms with Crippen molar-refractivity contribution in [2.24, 2.45) is 5.73 Å². The van der Waals surface area contributed by atoms with E-state index < -0.39 is 0 Å². The number of hydrogen-bond donors (Lipinski definition) is 1. The molecule has 1 atom stereocenters. The summed E-state index contributed by atoms with van der Waals surface area (Å²) >= 11 is 0. The van der Waals surface area contributed by atoms with E-state index in [0.29, 0.717) is 12.6 Å². The van der Waals surface area contributed by atoms with Gasteiger partial charge in [0, 0.05) is 18.8 Å². The number of benzene rings is 1. The molecule has 0 aliphatic carbocycles. The lowest BCUT2D eigenvalue weighted by Crippen LogP contribution is -2.30. The van der Waals surface area contributed by atoms with Crippen LogP contribution in [0.4, 0.5) is 5.69 Å². The van der Waals surface area contributed by atoms with Crippen LogP contribution in [0, 0.1) is 0 Å². The number of rotatable bonds is 6. The smallest absolute Gasteiger partial charge is 0.119 e. The van der Waals surface area contributed by atoms with Crippen molar-refractivity contribution in [2.45, 2.75) is 26.3 Å². The molecule has 1 aromatic carbocycles. The lowest BCUT2D eigenvalue weighted by molar-refractivity contribution is 0.340. The molecule has 0 spiro atoms. The third-order valence-electron chi connectivity index (χ3n) is 2.80. The second-order valence-electron chi connectivity index (χ2n) is 3.96. The Labute approximate surface area is 98.2 Å². The summed E-state index contributed by atoms with van der Waals surface area (Å²) in [5, 5.41) is 0. The van der Waals surface area contributed by atoms with Gasteiger partial charge in [-0.2, -0.15) is 0 Å². The Hall–Kier alpha value is -1.22. The molecule has 3 nitrogen and oxygen atoms in total. The molecule has 0 heterocycles. The first-order valence-electron chi connectivity index (χ1n) is 5.84. The molecule has 2 N–H and O–H groups in total. The first-order chi connectivity index (χ1) is 7.69. The Morgan fingerprint density at radius 2 is 1.94 bits per heavy atom. The van der Waals surface area contributed by atoms with Gasteiger partial charge in [0.05, 0.1) is 6.61 Å². The summed E-state index contributed by atoms with van der Waals surface area (Å²) in [5.41, 5.74) is 6.76. The molecular formula is C13H22N2O. The summed E-state index contributed by atoms with van der Waals surface area (Å²) in [5.74, 6) is 0.922. The van der Waals surface area contributed by atoms with Crippen LogP contribution in [0.25, 0.3) is 0 Å². The zero-order valence-electron chi connectivity index (χ0n) is 10.4. The fourth-order valence-electron chi connectivity index (χ4n) is 1.63. The van der Waals surface area contributed by atoms with Gasteiger partial charge in [-0.05, 0) is 51.1 Å². The first-order valence-corrected chi connectivity index (χ1v) is 5.84. The summed E-state index contributed by atoms with van der Waals surface area (Å²) in [6, 6.07) is 8.63. The van der Waals surface area contributed by atoms with Crippen molar-refractivity contribution in [3.63, 3.8) is 0 Å². The number of anilines is 1. The normalized spacial score (nSPS) is 12.2. The van der Waals surface area contributed by atoms with Crippen LogP contribution < -0.4 is 15.4 Å². The maximum Gasteiger partial charge on any atom is 0.119 e. The fraction of sp³-hybridized carbons (Fsp3) is 0.538. The van der Waals surface area contributed by atoms with Crippen LogP contribution in [-0.4, -0.2) is 26.2 Å². The molecule has 0 saturated carbocycles. The molecule has 16 heavy (non-hydrogen) atoms. The van der Waals surface area contributed by atoms with E-state index in [0.717, 1.165) is 18.7 Å². The minimum atomic E-state index is 0.461. The molecule has 90 valence electrons. The van der Waals surface area contributed by atoms with Crippen molar-refractivity contribution >= 4 is 5.69 Å². The predicted octanol–water partition coefficient (Wildman–Crippen LogP) is 2.26. The number of hydrogen-bond acceptors (Lipinski definition) is 3. The van der Waals surface area contributed by atoms with Gasteiger partial charge in [-0.3, -0.25) is 0 Å². The molecular weight excluding hydrogens is 200 g/mol. The van der Waals surface area contributed by atoms with Crippen molar-refractivity contribution in [1.82, 2.24) is 0 Å². The van der Waals surface area contributed by atoms with Crippen molar-refractivity contribution in [2.75, 3.05) is 25.1 Å². The van der Waals surface area contributed by atoms with Crippen molar-refractivity contribution in [3.05, 3.63) is 24.3 Å². The average Bonchev–Trinajstić information content (AvgIpc) is 2.30. The van der Waals surface area contributed by atoms with E-state index >= 15 is 0 Å². The summed E-state index contributed by atoms with van der Waals surface area (Å²) in [4.78, 5) is 2.24. The molecule has 0 fully saturated rings. The maximum absolute atomic E-state index is 5.56. The van der Waals surface area contributed by atoms with Crippen molar-refractivity contribution < 1.29 is 4.74 Å². The van der Waals surface area contributed by atoms with Gasteiger partial charge in [-0.1, -0.05) is 0 Å². The molecule has 0 bridgehead atoms. The van der Waals surface area contributed by atoms with Gasteiger partial charge in [0.15, 0.2) is 0 Å². The van der Waals surface area contributed by atoms with E-state index in [4.69, 9.17) is 10.5 Å². The molecule has 1 unspecified atom stereocenters. The van der Waals surface area contributed by atoms with Crippen molar-refractivity contribution in [1.29, 1.82) is 0 Å². The summed E-state index contributed by atoms with van der Waals surface area (Å²) in [6.07, 6.45) is 1.00. The van der Waals surface area contributed by atoms with E-state index in [2.05, 4.69) is 31.0 Å². The minimum absolute atomic E-state index is 0.461. The highest BCUT2D eigenvalue weighted by Gasteiger charge is 2.08. The molecule has 1 rings (SSSR count). The topological polar surface area (TPSA) is 38.5 Å². The van der Waals surface area contributed by atoms with Crippen LogP contribution in [0.1, 0.15) is 20.3 Å². The predicted molar refractivity (Wildman–Crippen MR) is 69.1 cm³/mol. The van der Waals surface area contributed by atoms with Gasteiger partial charge in [0.2, 0.25) is 0 Å². The van der Waals surface area contributed by atoms with Crippen LogP contribution in [0.15, 0.2) is 24.3 Å². The van der Waals surface area contributed by atoms with Gasteiger partial charge in [-0.25, -0.2) is 0 Å². The van der Waals surface area contributed by atoms with Crippen LogP contribution in [0.5, 0.6) is 5.75 Å². The fourth-order valence-corrected chi connectivity index (χ4v) is 1.63. The molecule has 1 aromatic rings. The van der Waals surface area contributed by atoms with Crippen LogP contribution in [0.3, 0.4) is 0 Å². The summed E-state index contributed by atoms with van der Waals surface area (Å²) in [6.45, 7) is 5.61. The van der Waals surface area contributed by atoms with Crippen LogP contribution >= 0.6 is 0 Å². The highest BCUT2D eigenvalue weighted by molar-refractivity contribution is 5.49. The standard InChI is InChI=1S/C13H22N2O/c1-4-16-13-7-5-12(6-8-13)15(3)11(2)9-10-14/h5-8,11H,4,9-10,14H2,1-3H3. The van der Waals surface area contributed by atoms with Gasteiger partial charge < -0.3 is 15.4 Å². The summed E-state index contributed by atoms with van der Waals surface area (Å²) in [7, 11) is 2.09. The monoisotopic (exact) mass is 222 g/mol. The largest absolute Gasteiger partial charge is 0.494 e. The SMILES string of the molecule is CCOc1ccc(N(C)C(C)CCN)cc1. The molecule has 0 saturated heterocycles. The molecule has 0 aliphatic rings. The number of nitrogens with zero attached hydrogens (tertiary/aromatic N) is 1. The molecule has 3 heteroatoms. The minimum Gasteiger partial charge on any atom is -0.494 e. The Morgan fingerprint density at radius 3 is 2.44 bits per heavy atom. The second kappa shape index (κ2) is 6.38. The van der Waals surface area contributed by atoms with E-state index in [9.17, 15) is 0 Å². The van der Waals surface area contributed by atoms with E-state index in [1.54, 1.807) is 0 Å². The maximum atomic E-state index is 5.56. The van der Waals surface area contributed by atoms with Gasteiger partial charge >= 0.3 is 0 Å². The third kappa shape index (κ3) is 3.42. The van der Waals surface area contributed by atoms with Gasteiger partial charge in [0.25, 0.3) is 0 Å². The summed E-state index contributed by atoms with van der Waals surface area (Å²) < 4.78 is 5.41. The number of nitrogens with two attached hydrogens (primary N) is 1. The van der Waals surface area contributed by atoms with Gasteiger partial charge in [-0.15, -0.1) is 0 Å². The Bertz CT molecular complexity index is 297. The highest BCUT2D eigenvalue weighted by Crippen LogP contribution is 2.20. The molecule has 0 aliphatic heterocycles. The number of ether oxygens (including phenoxy) is 1. The zero-order valence-corrected chi connectivity index (χ0v) is 10.4. The first kappa shape index (κ1) is 12.8. The lowest BCUT2D eigenvalue weighted by Gasteiger charge is -2.26. The van der Waals surface area contributed by atoms with Gasteiger partial charge in [0.1, 0.15) is 5.75 Å². The average molecular weight is 222 g/mol. The Morgan fingerprint density at radius 1 is 1.31 bits per heavy atom. The third-order valence-corrected chi connectivity index (χ3v) is 2.80. The van der Waals surface area contributed by atoms with E-state index in [-0.39, 0.29) is 0 Å². The Kier molecular flexibility index (Phi) is 5.12.